The number of aromatic nitrogens is 3. The monoisotopic (exact) mass is 537 g/mol. The van der Waals surface area contributed by atoms with Crippen LogP contribution in [0.4, 0.5) is 10.5 Å². The zero-order valence-corrected chi connectivity index (χ0v) is 22.5. The number of carbonyl (C=O) groups is 1. The van der Waals surface area contributed by atoms with E-state index in [1.165, 1.54) is 0 Å². The van der Waals surface area contributed by atoms with Gasteiger partial charge in [0.1, 0.15) is 11.6 Å². The number of nitrogens with zero attached hydrogens (tertiary/aromatic N) is 4. The molecule has 1 aliphatic rings. The van der Waals surface area contributed by atoms with Crippen LogP contribution in [0.3, 0.4) is 0 Å². The fourth-order valence-corrected chi connectivity index (χ4v) is 5.34. The van der Waals surface area contributed by atoms with Crippen molar-refractivity contribution in [3.05, 3.63) is 125 Å². The van der Waals surface area contributed by atoms with Gasteiger partial charge in [0.15, 0.2) is 0 Å². The Kier molecular flexibility index (Phi) is 6.59. The number of carbonyl (C=O) groups excluding carboxylic acids is 1. The number of halogens is 1. The number of anilines is 1. The fraction of sp³-hybridized carbons (Fsp3) is 0.161. The van der Waals surface area contributed by atoms with Crippen LogP contribution >= 0.6 is 11.6 Å². The number of fused-ring (bicyclic) bond motifs is 3. The maximum Gasteiger partial charge on any atom is 0.322 e. The van der Waals surface area contributed by atoms with Gasteiger partial charge < -0.3 is 19.5 Å². The number of benzene rings is 3. The van der Waals surface area contributed by atoms with E-state index in [-0.39, 0.29) is 12.1 Å². The molecule has 8 heteroatoms. The maximum absolute atomic E-state index is 14.1. The summed E-state index contributed by atoms with van der Waals surface area (Å²) < 4.78 is 9.57. The summed E-state index contributed by atoms with van der Waals surface area (Å²) >= 11 is 6.09. The lowest BCUT2D eigenvalue weighted by Crippen LogP contribution is -2.38. The summed E-state index contributed by atoms with van der Waals surface area (Å²) in [6.45, 7) is 2.47. The first-order chi connectivity index (χ1) is 19.1. The number of hydrogen-bond donors (Lipinski definition) is 1. The molecule has 6 rings (SSSR count). The molecule has 1 atom stereocenters. The van der Waals surface area contributed by atoms with Gasteiger partial charge in [-0.15, -0.1) is 0 Å². The Morgan fingerprint density at radius 2 is 1.74 bits per heavy atom. The molecule has 196 valence electrons. The standard InChI is InChI=1S/C31H28ClN5O2/c1-3-27-26-20-36(31(38)33-23-15-13-22(32)14-16-23)29(21-11-17-25(39-2)18-12-21)28-10-7-19-35(28)30(26)37(34-27)24-8-5-4-6-9-24/h4-19,29H,3,20H2,1-2H3,(H,33,38)/t29-/m1/s1. The molecular formula is C31H28ClN5O2. The van der Waals surface area contributed by atoms with Gasteiger partial charge in [-0.1, -0.05) is 48.9 Å². The van der Waals surface area contributed by atoms with E-state index in [0.29, 0.717) is 17.3 Å². The highest BCUT2D eigenvalue weighted by Gasteiger charge is 2.36. The Morgan fingerprint density at radius 3 is 2.44 bits per heavy atom. The van der Waals surface area contributed by atoms with E-state index >= 15 is 0 Å². The van der Waals surface area contributed by atoms with Crippen LogP contribution in [0.5, 0.6) is 5.75 Å². The normalized spacial score (nSPS) is 14.3. The van der Waals surface area contributed by atoms with Crippen molar-refractivity contribution in [3.63, 3.8) is 0 Å². The minimum Gasteiger partial charge on any atom is -0.497 e. The summed E-state index contributed by atoms with van der Waals surface area (Å²) in [6.07, 6.45) is 2.78. The van der Waals surface area contributed by atoms with Gasteiger partial charge in [0.05, 0.1) is 36.8 Å². The van der Waals surface area contributed by atoms with E-state index in [9.17, 15) is 4.79 Å². The SMILES string of the molecule is CCc1nn(-c2ccccc2)c2c1CN(C(=O)Nc1ccc(Cl)cc1)[C@H](c1ccc(OC)cc1)c1cccn1-2. The molecule has 1 aliphatic heterocycles. The molecule has 5 aromatic rings. The first-order valence-corrected chi connectivity index (χ1v) is 13.3. The summed E-state index contributed by atoms with van der Waals surface area (Å²) in [4.78, 5) is 15.9. The number of hydrogen-bond acceptors (Lipinski definition) is 3. The summed E-state index contributed by atoms with van der Waals surface area (Å²) in [7, 11) is 1.65. The van der Waals surface area contributed by atoms with Crippen molar-refractivity contribution in [2.75, 3.05) is 12.4 Å². The number of para-hydroxylation sites is 1. The highest BCUT2D eigenvalue weighted by atomic mass is 35.5. The molecular weight excluding hydrogens is 510 g/mol. The topological polar surface area (TPSA) is 64.3 Å². The number of nitrogens with one attached hydrogen (secondary N) is 1. The largest absolute Gasteiger partial charge is 0.497 e. The quantitative estimate of drug-likeness (QED) is 0.262. The first kappa shape index (κ1) is 24.8. The fourth-order valence-electron chi connectivity index (χ4n) is 5.21. The van der Waals surface area contributed by atoms with Gasteiger partial charge >= 0.3 is 6.03 Å². The molecule has 0 fully saturated rings. The molecule has 3 aromatic carbocycles. The Labute approximate surface area is 232 Å². The van der Waals surface area contributed by atoms with E-state index in [1.807, 2.05) is 76.4 Å². The highest BCUT2D eigenvalue weighted by molar-refractivity contribution is 6.30. The van der Waals surface area contributed by atoms with Crippen molar-refractivity contribution in [1.29, 1.82) is 0 Å². The Balaban J connectivity index is 1.53. The lowest BCUT2D eigenvalue weighted by molar-refractivity contribution is 0.194. The molecule has 3 heterocycles. The second-order valence-electron chi connectivity index (χ2n) is 9.39. The molecule has 0 radical (unpaired) electrons. The van der Waals surface area contributed by atoms with Crippen molar-refractivity contribution >= 4 is 23.3 Å². The zero-order valence-electron chi connectivity index (χ0n) is 21.7. The highest BCUT2D eigenvalue weighted by Crippen LogP contribution is 2.39. The molecule has 39 heavy (non-hydrogen) atoms. The average Bonchev–Trinajstić information content (AvgIpc) is 3.56. The van der Waals surface area contributed by atoms with Crippen molar-refractivity contribution in [1.82, 2.24) is 19.2 Å². The van der Waals surface area contributed by atoms with Gasteiger partial charge in [0.25, 0.3) is 0 Å². The van der Waals surface area contributed by atoms with Crippen LogP contribution in [0.15, 0.2) is 97.2 Å². The third-order valence-electron chi connectivity index (χ3n) is 7.09. The lowest BCUT2D eigenvalue weighted by Gasteiger charge is -2.31. The summed E-state index contributed by atoms with van der Waals surface area (Å²) in [5.41, 5.74) is 5.55. The predicted molar refractivity (Wildman–Crippen MR) is 153 cm³/mol. The van der Waals surface area contributed by atoms with E-state index in [2.05, 4.69) is 22.9 Å². The van der Waals surface area contributed by atoms with Gasteiger partial charge in [-0.25, -0.2) is 9.48 Å². The van der Waals surface area contributed by atoms with Gasteiger partial charge in [0.2, 0.25) is 0 Å². The van der Waals surface area contributed by atoms with Crippen LogP contribution in [0.25, 0.3) is 11.5 Å². The summed E-state index contributed by atoms with van der Waals surface area (Å²) in [6, 6.07) is 28.7. The van der Waals surface area contributed by atoms with Gasteiger partial charge in [-0.05, 0) is 72.6 Å². The third kappa shape index (κ3) is 4.55. The number of aryl methyl sites for hydroxylation is 1. The van der Waals surface area contributed by atoms with E-state index in [4.69, 9.17) is 21.4 Å². The van der Waals surface area contributed by atoms with Crippen molar-refractivity contribution < 1.29 is 9.53 Å². The number of urea groups is 1. The zero-order chi connectivity index (χ0) is 26.9. The second kappa shape index (κ2) is 10.3. The predicted octanol–water partition coefficient (Wildman–Crippen LogP) is 7.02. The second-order valence-corrected chi connectivity index (χ2v) is 9.83. The van der Waals surface area contributed by atoms with E-state index in [1.54, 1.807) is 31.4 Å². The molecule has 2 aromatic heterocycles. The molecule has 1 N–H and O–H groups in total. The van der Waals surface area contributed by atoms with Crippen LogP contribution in [-0.2, 0) is 13.0 Å². The van der Waals surface area contributed by atoms with Gasteiger partial charge in [-0.2, -0.15) is 5.10 Å². The van der Waals surface area contributed by atoms with Crippen molar-refractivity contribution in [3.8, 4) is 17.3 Å². The Bertz CT molecular complexity index is 1610. The van der Waals surface area contributed by atoms with Crippen molar-refractivity contribution in [2.45, 2.75) is 25.9 Å². The van der Waals surface area contributed by atoms with Crippen LogP contribution < -0.4 is 10.1 Å². The van der Waals surface area contributed by atoms with Gasteiger partial charge in [0, 0.05) is 22.5 Å². The number of amides is 2. The minimum absolute atomic E-state index is 0.215. The molecule has 0 bridgehead atoms. The smallest absolute Gasteiger partial charge is 0.322 e. The van der Waals surface area contributed by atoms with Crippen LogP contribution in [-0.4, -0.2) is 32.4 Å². The molecule has 2 amide bonds. The third-order valence-corrected chi connectivity index (χ3v) is 7.34. The van der Waals surface area contributed by atoms with E-state index in [0.717, 1.165) is 46.2 Å². The van der Waals surface area contributed by atoms with Crippen LogP contribution in [0.1, 0.15) is 35.5 Å². The first-order valence-electron chi connectivity index (χ1n) is 12.9. The molecule has 0 aliphatic carbocycles. The molecule has 7 nitrogen and oxygen atoms in total. The van der Waals surface area contributed by atoms with Crippen LogP contribution in [0, 0.1) is 0 Å². The number of methoxy groups -OCH3 is 1. The van der Waals surface area contributed by atoms with Crippen LogP contribution in [0.2, 0.25) is 5.02 Å². The Morgan fingerprint density at radius 1 is 1.00 bits per heavy atom. The van der Waals surface area contributed by atoms with E-state index < -0.39 is 0 Å². The maximum atomic E-state index is 14.1. The summed E-state index contributed by atoms with van der Waals surface area (Å²) in [5.74, 6) is 1.70. The molecule has 0 saturated heterocycles. The number of ether oxygens (including phenoxy) is 1. The molecule has 0 unspecified atom stereocenters. The molecule has 0 spiro atoms. The van der Waals surface area contributed by atoms with Crippen molar-refractivity contribution in [2.24, 2.45) is 0 Å². The summed E-state index contributed by atoms with van der Waals surface area (Å²) in [5, 5.41) is 8.71. The average molecular weight is 538 g/mol. The minimum atomic E-state index is -0.362. The number of rotatable bonds is 5. The van der Waals surface area contributed by atoms with Gasteiger partial charge in [-0.3, -0.25) is 0 Å². The molecule has 0 saturated carbocycles. The Hall–Kier alpha value is -4.49. The lowest BCUT2D eigenvalue weighted by atomic mass is 10.0.